The summed E-state index contributed by atoms with van der Waals surface area (Å²) in [6.07, 6.45) is 0. The van der Waals surface area contributed by atoms with E-state index in [0.29, 0.717) is 0 Å². The molecule has 0 spiro atoms. The van der Waals surface area contributed by atoms with Crippen LogP contribution < -0.4 is 0 Å². The molecule has 9 heavy (non-hydrogen) atoms. The first-order chi connectivity index (χ1) is 4.39. The van der Waals surface area contributed by atoms with Crippen LogP contribution in [-0.2, 0) is 0 Å². The third kappa shape index (κ3) is 4.52. The number of hydrogen-bond donors (Lipinski definition) is 0. The minimum atomic E-state index is 1.17. The van der Waals surface area contributed by atoms with E-state index >= 15 is 0 Å². The van der Waals surface area contributed by atoms with Gasteiger partial charge in [-0.05, 0) is 0 Å². The van der Waals surface area contributed by atoms with Crippen molar-refractivity contribution in [2.45, 2.75) is 13.8 Å². The largest absolute Gasteiger partial charge is 0.241 e. The van der Waals surface area contributed by atoms with Crippen molar-refractivity contribution >= 4 is 18.5 Å². The minimum Gasteiger partial charge on any atom is -0.241 e. The van der Waals surface area contributed by atoms with E-state index in [-0.39, 0.29) is 0 Å². The molecular weight excluding hydrogens is 130 g/mol. The van der Waals surface area contributed by atoms with Crippen molar-refractivity contribution in [3.63, 3.8) is 0 Å². The summed E-state index contributed by atoms with van der Waals surface area (Å²) in [5.74, 6) is 2.53. The lowest BCUT2D eigenvalue weighted by atomic mass is 10.6. The highest BCUT2D eigenvalue weighted by Gasteiger charge is 2.06. The Bertz CT molecular complexity index is 73.0. The Morgan fingerprint density at radius 3 is 1.89 bits per heavy atom. The fraction of sp³-hybridized carbons (Fsp3) is 0.857. The lowest BCUT2D eigenvalue weighted by molar-refractivity contribution is -0.511. The van der Waals surface area contributed by atoms with Crippen LogP contribution in [0.1, 0.15) is 13.8 Å². The second-order valence-corrected chi connectivity index (χ2v) is 2.96. The molecule has 0 N–H and O–H groups in total. The molecule has 0 saturated carbocycles. The quantitative estimate of drug-likeness (QED) is 0.468. The van der Waals surface area contributed by atoms with E-state index in [1.54, 1.807) is 0 Å². The Labute approximate surface area is 62.2 Å². The maximum Gasteiger partial charge on any atom is 0.151 e. The highest BCUT2D eigenvalue weighted by Crippen LogP contribution is 2.03. The smallest absolute Gasteiger partial charge is 0.151 e. The summed E-state index contributed by atoms with van der Waals surface area (Å²) >= 11 is 2.02. The SMILES string of the molecule is C=[N+]1CCSCC1.CC. The molecule has 1 saturated heterocycles. The Morgan fingerprint density at radius 2 is 1.67 bits per heavy atom. The predicted molar refractivity (Wildman–Crippen MR) is 45.8 cm³/mol. The van der Waals surface area contributed by atoms with Gasteiger partial charge in [-0.2, -0.15) is 0 Å². The van der Waals surface area contributed by atoms with Gasteiger partial charge in [-0.15, -0.1) is 11.8 Å². The Balaban J connectivity index is 0.000000291. The number of rotatable bonds is 0. The lowest BCUT2D eigenvalue weighted by Crippen LogP contribution is -2.21. The van der Waals surface area contributed by atoms with Gasteiger partial charge in [0.05, 0.1) is 11.5 Å². The molecule has 1 fully saturated rings. The van der Waals surface area contributed by atoms with Crippen LogP contribution in [0.5, 0.6) is 0 Å². The molecule has 1 rings (SSSR count). The van der Waals surface area contributed by atoms with Gasteiger partial charge in [-0.3, -0.25) is 0 Å². The molecule has 0 aromatic heterocycles. The molecule has 0 aromatic carbocycles. The second-order valence-electron chi connectivity index (χ2n) is 1.73. The van der Waals surface area contributed by atoms with E-state index in [0.717, 1.165) is 0 Å². The summed E-state index contributed by atoms with van der Waals surface area (Å²) in [6, 6.07) is 0. The molecule has 1 aliphatic rings. The lowest BCUT2D eigenvalue weighted by Gasteiger charge is -2.05. The minimum absolute atomic E-state index is 1.17. The van der Waals surface area contributed by atoms with Crippen molar-refractivity contribution in [2.75, 3.05) is 24.6 Å². The first-order valence-corrected chi connectivity index (χ1v) is 4.68. The van der Waals surface area contributed by atoms with Crippen LogP contribution in [0.25, 0.3) is 0 Å². The van der Waals surface area contributed by atoms with Crippen molar-refractivity contribution in [1.82, 2.24) is 0 Å². The Kier molecular flexibility index (Phi) is 6.16. The Morgan fingerprint density at radius 1 is 1.22 bits per heavy atom. The van der Waals surface area contributed by atoms with E-state index in [2.05, 4.69) is 11.3 Å². The molecule has 1 heterocycles. The van der Waals surface area contributed by atoms with Crippen molar-refractivity contribution in [1.29, 1.82) is 0 Å². The summed E-state index contributed by atoms with van der Waals surface area (Å²) in [6.45, 7) is 10.2. The summed E-state index contributed by atoms with van der Waals surface area (Å²) in [5.41, 5.74) is 0. The Hall–Kier alpha value is 0.0200. The third-order valence-corrected chi connectivity index (χ3v) is 2.05. The highest BCUT2D eigenvalue weighted by molar-refractivity contribution is 7.99. The molecule has 2 heteroatoms. The van der Waals surface area contributed by atoms with Crippen molar-refractivity contribution in [2.24, 2.45) is 0 Å². The summed E-state index contributed by atoms with van der Waals surface area (Å²) in [7, 11) is 0. The fourth-order valence-electron chi connectivity index (χ4n) is 0.601. The predicted octanol–water partition coefficient (Wildman–Crippen LogP) is 1.47. The topological polar surface area (TPSA) is 3.01 Å². The van der Waals surface area contributed by atoms with Crippen LogP contribution in [-0.4, -0.2) is 35.9 Å². The van der Waals surface area contributed by atoms with Gasteiger partial charge in [0.25, 0.3) is 0 Å². The molecular formula is C7H16NS+. The maximum atomic E-state index is 3.82. The zero-order valence-corrected chi connectivity index (χ0v) is 7.21. The second kappa shape index (κ2) is 6.14. The number of thioether (sulfide) groups is 1. The molecule has 1 aliphatic heterocycles. The van der Waals surface area contributed by atoms with Gasteiger partial charge >= 0.3 is 0 Å². The van der Waals surface area contributed by atoms with Gasteiger partial charge in [0.1, 0.15) is 6.72 Å². The molecule has 0 aliphatic carbocycles. The van der Waals surface area contributed by atoms with Crippen molar-refractivity contribution < 1.29 is 4.58 Å². The fourth-order valence-corrected chi connectivity index (χ4v) is 1.58. The zero-order valence-electron chi connectivity index (χ0n) is 6.39. The number of hydrogen-bond acceptors (Lipinski definition) is 1. The summed E-state index contributed by atoms with van der Waals surface area (Å²) in [5, 5.41) is 0. The molecule has 1 nitrogen and oxygen atoms in total. The molecule has 0 amide bonds. The number of nitrogens with zero attached hydrogens (tertiary/aromatic N) is 1. The van der Waals surface area contributed by atoms with E-state index < -0.39 is 0 Å². The molecule has 0 atom stereocenters. The zero-order chi connectivity index (χ0) is 7.11. The van der Waals surface area contributed by atoms with Crippen molar-refractivity contribution in [3.8, 4) is 0 Å². The van der Waals surface area contributed by atoms with Crippen LogP contribution in [0.4, 0.5) is 0 Å². The van der Waals surface area contributed by atoms with E-state index in [1.165, 1.54) is 24.6 Å². The maximum absolute atomic E-state index is 3.82. The molecule has 0 unspecified atom stereocenters. The third-order valence-electron chi connectivity index (χ3n) is 1.10. The van der Waals surface area contributed by atoms with Crippen LogP contribution >= 0.6 is 11.8 Å². The van der Waals surface area contributed by atoms with Gasteiger partial charge < -0.3 is 0 Å². The molecule has 0 bridgehead atoms. The van der Waals surface area contributed by atoms with Crippen LogP contribution in [0, 0.1) is 0 Å². The highest BCUT2D eigenvalue weighted by atomic mass is 32.2. The molecule has 0 aromatic rings. The monoisotopic (exact) mass is 146 g/mol. The van der Waals surface area contributed by atoms with E-state index in [1.807, 2.05) is 25.6 Å². The van der Waals surface area contributed by atoms with Crippen LogP contribution in [0.2, 0.25) is 0 Å². The van der Waals surface area contributed by atoms with Gasteiger partial charge in [-0.25, -0.2) is 4.58 Å². The van der Waals surface area contributed by atoms with Crippen LogP contribution in [0.15, 0.2) is 0 Å². The standard InChI is InChI=1S/C5H10NS.C2H6/c1-6-2-4-7-5-3-6;1-2/h1-5H2;1-2H3/q+1;. The van der Waals surface area contributed by atoms with Crippen molar-refractivity contribution in [3.05, 3.63) is 0 Å². The molecule has 54 valence electrons. The van der Waals surface area contributed by atoms with Gasteiger partial charge in [0.15, 0.2) is 13.1 Å². The van der Waals surface area contributed by atoms with Gasteiger partial charge in [0, 0.05) is 0 Å². The first kappa shape index (κ1) is 9.02. The van der Waals surface area contributed by atoms with Gasteiger partial charge in [0.2, 0.25) is 0 Å². The average Bonchev–Trinajstić information content (AvgIpc) is 1.94. The van der Waals surface area contributed by atoms with E-state index in [4.69, 9.17) is 0 Å². The molecule has 0 radical (unpaired) electrons. The first-order valence-electron chi connectivity index (χ1n) is 3.53. The normalized spacial score (nSPS) is 18.2. The summed E-state index contributed by atoms with van der Waals surface area (Å²) in [4.78, 5) is 0. The average molecular weight is 146 g/mol. The van der Waals surface area contributed by atoms with Crippen LogP contribution in [0.3, 0.4) is 0 Å². The van der Waals surface area contributed by atoms with E-state index in [9.17, 15) is 0 Å². The van der Waals surface area contributed by atoms with Gasteiger partial charge in [-0.1, -0.05) is 13.8 Å². The summed E-state index contributed by atoms with van der Waals surface area (Å²) < 4.78 is 2.12.